The van der Waals surface area contributed by atoms with Gasteiger partial charge in [-0.25, -0.2) is 0 Å². The molecule has 0 aliphatic heterocycles. The summed E-state index contributed by atoms with van der Waals surface area (Å²) in [5, 5.41) is 3.46. The van der Waals surface area contributed by atoms with Gasteiger partial charge in [-0.1, -0.05) is 0 Å². The lowest BCUT2D eigenvalue weighted by Gasteiger charge is -2.04. The Labute approximate surface area is 103 Å². The maximum atomic E-state index is 12.4. The van der Waals surface area contributed by atoms with Gasteiger partial charge < -0.3 is 4.74 Å². The lowest BCUT2D eigenvalue weighted by molar-refractivity contribution is -0.143. The molecule has 1 rings (SSSR count). The molecule has 18 heavy (non-hydrogen) atoms. The summed E-state index contributed by atoms with van der Waals surface area (Å²) >= 11 is 0. The SMILES string of the molecule is CCOC(=O)CCCn1nc(C(F)(F)F)cc1C. The first-order valence-corrected chi connectivity index (χ1v) is 5.62. The number of nitrogens with zero attached hydrogens (tertiary/aromatic N) is 2. The molecular weight excluding hydrogens is 249 g/mol. The molecule has 0 aromatic carbocycles. The molecule has 0 bridgehead atoms. The van der Waals surface area contributed by atoms with E-state index in [-0.39, 0.29) is 18.9 Å². The maximum Gasteiger partial charge on any atom is 0.435 e. The minimum absolute atomic E-state index is 0.175. The van der Waals surface area contributed by atoms with Crippen LogP contribution in [0.25, 0.3) is 0 Å². The molecule has 0 radical (unpaired) electrons. The normalized spacial score (nSPS) is 11.6. The molecular formula is C11H15F3N2O2. The van der Waals surface area contributed by atoms with Crippen LogP contribution in [0.1, 0.15) is 31.2 Å². The van der Waals surface area contributed by atoms with E-state index < -0.39 is 11.9 Å². The van der Waals surface area contributed by atoms with E-state index in [0.29, 0.717) is 18.7 Å². The summed E-state index contributed by atoms with van der Waals surface area (Å²) < 4.78 is 43.1. The average molecular weight is 264 g/mol. The van der Waals surface area contributed by atoms with Crippen molar-refractivity contribution in [1.29, 1.82) is 0 Å². The van der Waals surface area contributed by atoms with Crippen molar-refractivity contribution in [2.24, 2.45) is 0 Å². The first kappa shape index (κ1) is 14.5. The Morgan fingerprint density at radius 1 is 1.50 bits per heavy atom. The van der Waals surface area contributed by atoms with Crippen molar-refractivity contribution in [2.45, 2.75) is 39.4 Å². The lowest BCUT2D eigenvalue weighted by Crippen LogP contribution is -2.10. The number of carbonyl (C=O) groups is 1. The molecule has 0 amide bonds. The molecule has 102 valence electrons. The van der Waals surface area contributed by atoms with Gasteiger partial charge in [0.1, 0.15) is 0 Å². The Morgan fingerprint density at radius 2 is 2.17 bits per heavy atom. The molecule has 0 aliphatic carbocycles. The molecule has 0 aliphatic rings. The highest BCUT2D eigenvalue weighted by atomic mass is 19.4. The zero-order chi connectivity index (χ0) is 13.8. The van der Waals surface area contributed by atoms with Crippen LogP contribution in [0.15, 0.2) is 6.07 Å². The second-order valence-electron chi connectivity index (χ2n) is 3.80. The van der Waals surface area contributed by atoms with Crippen molar-refractivity contribution < 1.29 is 22.7 Å². The molecule has 4 nitrogen and oxygen atoms in total. The third kappa shape index (κ3) is 4.05. The second kappa shape index (κ2) is 5.88. The van der Waals surface area contributed by atoms with Crippen molar-refractivity contribution in [1.82, 2.24) is 9.78 Å². The Bertz CT molecular complexity index is 413. The minimum Gasteiger partial charge on any atom is -0.466 e. The fourth-order valence-corrected chi connectivity index (χ4v) is 1.48. The van der Waals surface area contributed by atoms with Crippen LogP contribution in [-0.4, -0.2) is 22.4 Å². The first-order valence-electron chi connectivity index (χ1n) is 5.62. The second-order valence-corrected chi connectivity index (χ2v) is 3.80. The van der Waals surface area contributed by atoms with Gasteiger partial charge in [0.15, 0.2) is 5.69 Å². The van der Waals surface area contributed by atoms with E-state index in [9.17, 15) is 18.0 Å². The molecule has 1 aromatic rings. The van der Waals surface area contributed by atoms with Crippen molar-refractivity contribution in [2.75, 3.05) is 6.61 Å². The summed E-state index contributed by atoms with van der Waals surface area (Å²) in [6.07, 6.45) is -3.86. The molecule has 0 N–H and O–H groups in total. The van der Waals surface area contributed by atoms with Gasteiger partial charge in [-0.05, 0) is 26.3 Å². The van der Waals surface area contributed by atoms with Crippen LogP contribution in [0, 0.1) is 6.92 Å². The number of carbonyl (C=O) groups excluding carboxylic acids is 1. The van der Waals surface area contributed by atoms with Gasteiger partial charge in [0.25, 0.3) is 0 Å². The van der Waals surface area contributed by atoms with Gasteiger partial charge in [0.05, 0.1) is 6.61 Å². The number of esters is 1. The van der Waals surface area contributed by atoms with Crippen LogP contribution < -0.4 is 0 Å². The summed E-state index contributed by atoms with van der Waals surface area (Å²) in [4.78, 5) is 11.1. The predicted octanol–water partition coefficient (Wildman–Crippen LogP) is 2.55. The molecule has 0 spiro atoms. The highest BCUT2D eigenvalue weighted by Crippen LogP contribution is 2.28. The summed E-state index contributed by atoms with van der Waals surface area (Å²) in [5.41, 5.74) is -0.484. The van der Waals surface area contributed by atoms with Crippen molar-refractivity contribution >= 4 is 5.97 Å². The van der Waals surface area contributed by atoms with Crippen LogP contribution in [0.4, 0.5) is 13.2 Å². The fourth-order valence-electron chi connectivity index (χ4n) is 1.48. The third-order valence-electron chi connectivity index (χ3n) is 2.33. The van der Waals surface area contributed by atoms with E-state index in [1.807, 2.05) is 0 Å². The van der Waals surface area contributed by atoms with Gasteiger partial charge >= 0.3 is 12.1 Å². The third-order valence-corrected chi connectivity index (χ3v) is 2.33. The number of aromatic nitrogens is 2. The number of ether oxygens (including phenoxy) is 1. The Kier molecular flexibility index (Phi) is 4.75. The Balaban J connectivity index is 2.53. The van der Waals surface area contributed by atoms with Crippen molar-refractivity contribution in [3.05, 3.63) is 17.5 Å². The summed E-state index contributed by atoms with van der Waals surface area (Å²) in [7, 11) is 0. The van der Waals surface area contributed by atoms with Gasteiger partial charge in [-0.2, -0.15) is 18.3 Å². The van der Waals surface area contributed by atoms with Crippen LogP contribution >= 0.6 is 0 Å². The number of halogens is 3. The maximum absolute atomic E-state index is 12.4. The topological polar surface area (TPSA) is 44.1 Å². The zero-order valence-corrected chi connectivity index (χ0v) is 10.3. The molecule has 1 aromatic heterocycles. The standard InChI is InChI=1S/C11H15F3N2O2/c1-3-18-10(17)5-4-6-16-8(2)7-9(15-16)11(12,13)14/h7H,3-6H2,1-2H3. The van der Waals surface area contributed by atoms with E-state index >= 15 is 0 Å². The number of hydrogen-bond acceptors (Lipinski definition) is 3. The molecule has 0 saturated heterocycles. The smallest absolute Gasteiger partial charge is 0.435 e. The van der Waals surface area contributed by atoms with E-state index in [2.05, 4.69) is 5.10 Å². The lowest BCUT2D eigenvalue weighted by atomic mass is 10.3. The van der Waals surface area contributed by atoms with E-state index in [1.165, 1.54) is 4.68 Å². The predicted molar refractivity (Wildman–Crippen MR) is 57.8 cm³/mol. The van der Waals surface area contributed by atoms with Crippen LogP contribution in [0.5, 0.6) is 0 Å². The molecule has 0 saturated carbocycles. The summed E-state index contributed by atoms with van der Waals surface area (Å²) in [6.45, 7) is 3.82. The molecule has 0 fully saturated rings. The van der Waals surface area contributed by atoms with Gasteiger partial charge in [0.2, 0.25) is 0 Å². The molecule has 0 unspecified atom stereocenters. The highest BCUT2D eigenvalue weighted by molar-refractivity contribution is 5.69. The minimum atomic E-state index is -4.43. The first-order chi connectivity index (χ1) is 8.34. The average Bonchev–Trinajstić information content (AvgIpc) is 2.60. The molecule has 0 atom stereocenters. The van der Waals surface area contributed by atoms with Gasteiger partial charge in [-0.3, -0.25) is 9.48 Å². The number of alkyl halides is 3. The number of rotatable bonds is 5. The molecule has 7 heteroatoms. The largest absolute Gasteiger partial charge is 0.466 e. The van der Waals surface area contributed by atoms with E-state index in [4.69, 9.17) is 4.74 Å². The monoisotopic (exact) mass is 264 g/mol. The quantitative estimate of drug-likeness (QED) is 0.768. The van der Waals surface area contributed by atoms with Crippen LogP contribution in [0.2, 0.25) is 0 Å². The molecule has 1 heterocycles. The highest BCUT2D eigenvalue weighted by Gasteiger charge is 2.34. The zero-order valence-electron chi connectivity index (χ0n) is 10.3. The van der Waals surface area contributed by atoms with Crippen LogP contribution in [-0.2, 0) is 22.3 Å². The Hall–Kier alpha value is -1.53. The van der Waals surface area contributed by atoms with Crippen molar-refractivity contribution in [3.63, 3.8) is 0 Å². The van der Waals surface area contributed by atoms with Crippen molar-refractivity contribution in [3.8, 4) is 0 Å². The fraction of sp³-hybridized carbons (Fsp3) is 0.636. The summed E-state index contributed by atoms with van der Waals surface area (Å²) in [6, 6.07) is 0.990. The summed E-state index contributed by atoms with van der Waals surface area (Å²) in [5.74, 6) is -0.349. The Morgan fingerprint density at radius 3 is 2.67 bits per heavy atom. The number of hydrogen-bond donors (Lipinski definition) is 0. The number of aryl methyl sites for hydroxylation is 2. The van der Waals surface area contributed by atoms with Gasteiger partial charge in [0, 0.05) is 18.7 Å². The van der Waals surface area contributed by atoms with Crippen LogP contribution in [0.3, 0.4) is 0 Å². The van der Waals surface area contributed by atoms with Gasteiger partial charge in [-0.15, -0.1) is 0 Å². The van der Waals surface area contributed by atoms with E-state index in [0.717, 1.165) is 6.07 Å². The van der Waals surface area contributed by atoms with E-state index in [1.54, 1.807) is 13.8 Å².